The Hall–Kier alpha value is -0.820. The molecule has 0 saturated heterocycles. The minimum absolute atomic E-state index is 0.208. The first kappa shape index (κ1) is 18.5. The lowest BCUT2D eigenvalue weighted by Crippen LogP contribution is -2.36. The molecule has 0 aromatic carbocycles. The van der Waals surface area contributed by atoms with Crippen molar-refractivity contribution in [1.82, 2.24) is 4.90 Å². The molecule has 0 unspecified atom stereocenters. The highest BCUT2D eigenvalue weighted by Crippen LogP contribution is 1.96. The monoisotopic (exact) mass is 267 g/mol. The van der Waals surface area contributed by atoms with E-state index in [1.807, 2.05) is 44.6 Å². The highest BCUT2D eigenvalue weighted by molar-refractivity contribution is 7.85. The number of guanidine groups is 1. The Morgan fingerprint density at radius 3 is 1.94 bits per heavy atom. The molecule has 0 aliphatic rings. The van der Waals surface area contributed by atoms with Crippen LogP contribution in [0.15, 0.2) is 0 Å². The average molecular weight is 267 g/mol. The molecule has 6 nitrogen and oxygen atoms in total. The molecule has 0 heterocycles. The second kappa shape index (κ2) is 9.23. The van der Waals surface area contributed by atoms with Gasteiger partial charge in [0, 0.05) is 5.75 Å². The zero-order valence-corrected chi connectivity index (χ0v) is 12.2. The summed E-state index contributed by atoms with van der Waals surface area (Å²) >= 11 is 0. The lowest BCUT2D eigenvalue weighted by Gasteiger charge is -2.04. The van der Waals surface area contributed by atoms with Gasteiger partial charge in [-0.25, -0.2) is 8.42 Å². The molecule has 104 valence electrons. The largest absolute Gasteiger partial charge is 0.748 e. The summed E-state index contributed by atoms with van der Waals surface area (Å²) in [6.07, 6.45) is 2.26. The summed E-state index contributed by atoms with van der Waals surface area (Å²) in [4.78, 5) is 1.86. The van der Waals surface area contributed by atoms with Crippen molar-refractivity contribution in [2.45, 2.75) is 26.2 Å². The highest BCUT2D eigenvalue weighted by atomic mass is 32.2. The zero-order valence-electron chi connectivity index (χ0n) is 11.4. The molecule has 2 N–H and O–H groups in total. The molecule has 0 aliphatic heterocycles. The lowest BCUT2D eigenvalue weighted by molar-refractivity contribution is -0.470. The summed E-state index contributed by atoms with van der Waals surface area (Å²) in [7, 11) is 3.70. The maximum atomic E-state index is 9.95. The third-order valence-corrected chi connectivity index (χ3v) is 2.70. The van der Waals surface area contributed by atoms with Crippen molar-refractivity contribution >= 4 is 16.1 Å². The Kier molecular flexibility index (Phi) is 10.1. The molecule has 0 bridgehead atoms. The van der Waals surface area contributed by atoms with Gasteiger partial charge < -0.3 is 4.55 Å². The number of nitrogens with two attached hydrogens (primary N) is 1. The van der Waals surface area contributed by atoms with Gasteiger partial charge in [0.15, 0.2) is 0 Å². The van der Waals surface area contributed by atoms with Gasteiger partial charge in [0.2, 0.25) is 0 Å². The normalized spacial score (nSPS) is 10.2. The van der Waals surface area contributed by atoms with Crippen molar-refractivity contribution in [3.8, 4) is 0 Å². The van der Waals surface area contributed by atoms with E-state index < -0.39 is 10.1 Å². The summed E-state index contributed by atoms with van der Waals surface area (Å²) in [6.45, 7) is 1.96. The van der Waals surface area contributed by atoms with Crippen LogP contribution in [-0.4, -0.2) is 62.3 Å². The second-order valence-corrected chi connectivity index (χ2v) is 5.64. The van der Waals surface area contributed by atoms with Crippen LogP contribution in [0.5, 0.6) is 0 Å². The van der Waals surface area contributed by atoms with Crippen molar-refractivity contribution < 1.29 is 17.5 Å². The number of unbranched alkanes of at least 4 members (excludes halogenated alkanes) is 2. The smallest absolute Gasteiger partial charge is 0.344 e. The summed E-state index contributed by atoms with van der Waals surface area (Å²) < 4.78 is 31.7. The molecule has 7 heteroatoms. The van der Waals surface area contributed by atoms with Crippen LogP contribution >= 0.6 is 0 Å². The molecular formula is C10H25N3O3S. The SMILES string of the molecule is CCCCCS(=O)(=O)[O-].CN(C)C(N)=[N+](C)C. The van der Waals surface area contributed by atoms with Crippen LogP contribution in [0.1, 0.15) is 26.2 Å². The van der Waals surface area contributed by atoms with Crippen molar-refractivity contribution in [3.63, 3.8) is 0 Å². The fourth-order valence-corrected chi connectivity index (χ4v) is 1.49. The summed E-state index contributed by atoms with van der Waals surface area (Å²) in [5.41, 5.74) is 5.53. The van der Waals surface area contributed by atoms with Crippen molar-refractivity contribution in [3.05, 3.63) is 0 Å². The predicted octanol–water partition coefficient (Wildman–Crippen LogP) is -0.143. The molecule has 0 saturated carbocycles. The predicted molar refractivity (Wildman–Crippen MR) is 69.1 cm³/mol. The van der Waals surface area contributed by atoms with Gasteiger partial charge >= 0.3 is 5.96 Å². The van der Waals surface area contributed by atoms with Crippen LogP contribution < -0.4 is 5.73 Å². The topological polar surface area (TPSA) is 89.5 Å². The zero-order chi connectivity index (χ0) is 14.1. The van der Waals surface area contributed by atoms with Gasteiger partial charge in [0.25, 0.3) is 0 Å². The van der Waals surface area contributed by atoms with E-state index in [0.717, 1.165) is 18.8 Å². The number of hydrogen-bond donors (Lipinski definition) is 1. The number of nitrogens with zero attached hydrogens (tertiary/aromatic N) is 2. The minimum Gasteiger partial charge on any atom is -0.748 e. The lowest BCUT2D eigenvalue weighted by atomic mass is 10.3. The highest BCUT2D eigenvalue weighted by Gasteiger charge is 2.00. The van der Waals surface area contributed by atoms with Crippen LogP contribution in [0.4, 0.5) is 0 Å². The maximum Gasteiger partial charge on any atom is 0.344 e. The van der Waals surface area contributed by atoms with E-state index in [9.17, 15) is 13.0 Å². The van der Waals surface area contributed by atoms with E-state index in [1.165, 1.54) is 0 Å². The molecule has 0 aromatic rings. The first-order chi connectivity index (χ1) is 7.61. The first-order valence-electron chi connectivity index (χ1n) is 5.52. The molecule has 0 radical (unpaired) electrons. The van der Waals surface area contributed by atoms with E-state index in [1.54, 1.807) is 0 Å². The van der Waals surface area contributed by atoms with Gasteiger partial charge in [0.1, 0.15) is 0 Å². The minimum atomic E-state index is -3.95. The van der Waals surface area contributed by atoms with Crippen molar-refractivity contribution in [1.29, 1.82) is 0 Å². The van der Waals surface area contributed by atoms with E-state index in [4.69, 9.17) is 5.73 Å². The second-order valence-electron chi connectivity index (χ2n) is 4.12. The van der Waals surface area contributed by atoms with E-state index in [0.29, 0.717) is 6.42 Å². The van der Waals surface area contributed by atoms with Gasteiger partial charge in [-0.2, -0.15) is 0 Å². The summed E-state index contributed by atoms with van der Waals surface area (Å²) in [5, 5.41) is 0. The van der Waals surface area contributed by atoms with Gasteiger partial charge in [-0.3, -0.25) is 15.2 Å². The molecule has 0 atom stereocenters. The third-order valence-electron chi connectivity index (χ3n) is 1.91. The van der Waals surface area contributed by atoms with E-state index >= 15 is 0 Å². The Morgan fingerprint density at radius 2 is 1.76 bits per heavy atom. The van der Waals surface area contributed by atoms with E-state index in [2.05, 4.69) is 0 Å². The Balaban J connectivity index is 0. The number of hydrogen-bond acceptors (Lipinski definition) is 3. The molecule has 0 rings (SSSR count). The van der Waals surface area contributed by atoms with Crippen LogP contribution in [0.2, 0.25) is 0 Å². The van der Waals surface area contributed by atoms with Gasteiger partial charge in [-0.1, -0.05) is 19.8 Å². The Labute approximate surface area is 105 Å². The molecule has 17 heavy (non-hydrogen) atoms. The Bertz CT molecular complexity index is 320. The Morgan fingerprint density at radius 1 is 1.29 bits per heavy atom. The van der Waals surface area contributed by atoms with Crippen LogP contribution in [0, 0.1) is 0 Å². The van der Waals surface area contributed by atoms with Crippen molar-refractivity contribution in [2.24, 2.45) is 5.73 Å². The van der Waals surface area contributed by atoms with E-state index in [-0.39, 0.29) is 5.75 Å². The van der Waals surface area contributed by atoms with Crippen LogP contribution in [0.25, 0.3) is 0 Å². The van der Waals surface area contributed by atoms with Gasteiger partial charge in [0.05, 0.1) is 38.3 Å². The average Bonchev–Trinajstić information content (AvgIpc) is 2.15. The maximum absolute atomic E-state index is 9.95. The van der Waals surface area contributed by atoms with Gasteiger partial charge in [-0.15, -0.1) is 0 Å². The summed E-state index contributed by atoms with van der Waals surface area (Å²) in [5.74, 6) is 0.561. The van der Waals surface area contributed by atoms with Crippen LogP contribution in [0.3, 0.4) is 0 Å². The molecule has 0 spiro atoms. The number of rotatable bonds is 4. The fourth-order valence-electron chi connectivity index (χ4n) is 0.929. The van der Waals surface area contributed by atoms with Crippen LogP contribution in [-0.2, 0) is 10.1 Å². The fraction of sp³-hybridized carbons (Fsp3) is 0.900. The standard InChI is InChI=1S/C5H13N3.C5H12O3S/c1-7(2)5(6)8(3)4;1-2-3-4-5-9(6,7)8/h6H,1-4H3;2-5H2,1H3,(H,6,7,8). The summed E-state index contributed by atoms with van der Waals surface area (Å²) in [6, 6.07) is 0. The third kappa shape index (κ3) is 15.2. The molecule has 0 aliphatic carbocycles. The van der Waals surface area contributed by atoms with Crippen molar-refractivity contribution in [2.75, 3.05) is 33.9 Å². The quantitative estimate of drug-likeness (QED) is 0.252. The molecular weight excluding hydrogens is 242 g/mol. The van der Waals surface area contributed by atoms with Gasteiger partial charge in [-0.05, 0) is 6.42 Å². The molecule has 0 fully saturated rings. The molecule has 0 amide bonds. The molecule has 0 aromatic heterocycles. The first-order valence-corrected chi connectivity index (χ1v) is 7.10.